The first-order chi connectivity index (χ1) is 8.75. The summed E-state index contributed by atoms with van der Waals surface area (Å²) in [5.41, 5.74) is 2.85. The van der Waals surface area contributed by atoms with Crippen molar-refractivity contribution in [3.8, 4) is 0 Å². The summed E-state index contributed by atoms with van der Waals surface area (Å²) in [6.45, 7) is 9.05. The van der Waals surface area contributed by atoms with Gasteiger partial charge in [-0.25, -0.2) is 13.6 Å². The number of sulfonamides is 1. The van der Waals surface area contributed by atoms with E-state index in [2.05, 4.69) is 19.2 Å². The highest BCUT2D eigenvalue weighted by atomic mass is 32.2. The van der Waals surface area contributed by atoms with Gasteiger partial charge in [0.2, 0.25) is 10.0 Å². The van der Waals surface area contributed by atoms with Crippen LogP contribution in [-0.2, 0) is 10.0 Å². The quantitative estimate of drug-likeness (QED) is 0.843. The van der Waals surface area contributed by atoms with Gasteiger partial charge in [0.15, 0.2) is 0 Å². The second-order valence-corrected chi connectivity index (χ2v) is 6.79. The summed E-state index contributed by atoms with van der Waals surface area (Å²) < 4.78 is 22.9. The van der Waals surface area contributed by atoms with E-state index in [9.17, 15) is 8.42 Å². The first kappa shape index (κ1) is 16.0. The van der Waals surface area contributed by atoms with Crippen molar-refractivity contribution in [2.75, 3.05) is 11.9 Å². The fourth-order valence-corrected chi connectivity index (χ4v) is 2.68. The van der Waals surface area contributed by atoms with Crippen molar-refractivity contribution in [2.45, 2.75) is 45.4 Å². The molecule has 0 aliphatic carbocycles. The molecule has 0 bridgehead atoms. The smallest absolute Gasteiger partial charge is 0.238 e. The summed E-state index contributed by atoms with van der Waals surface area (Å²) in [5, 5.41) is 8.52. The molecule has 4 nitrogen and oxygen atoms in total. The van der Waals surface area contributed by atoms with Crippen molar-refractivity contribution in [1.29, 1.82) is 0 Å². The number of primary sulfonamides is 1. The Hall–Kier alpha value is -1.07. The zero-order valence-corrected chi connectivity index (χ0v) is 13.0. The van der Waals surface area contributed by atoms with E-state index in [1.807, 2.05) is 13.8 Å². The van der Waals surface area contributed by atoms with E-state index in [0.717, 1.165) is 36.2 Å². The fraction of sp³-hybridized carbons (Fsp3) is 0.571. The monoisotopic (exact) mass is 284 g/mol. The van der Waals surface area contributed by atoms with E-state index in [0.29, 0.717) is 5.92 Å². The molecule has 0 aromatic heterocycles. The third kappa shape index (κ3) is 4.51. The van der Waals surface area contributed by atoms with E-state index in [1.54, 1.807) is 12.1 Å². The van der Waals surface area contributed by atoms with Crippen molar-refractivity contribution in [2.24, 2.45) is 11.1 Å². The maximum Gasteiger partial charge on any atom is 0.238 e. The fourth-order valence-electron chi connectivity index (χ4n) is 2.05. The summed E-state index contributed by atoms with van der Waals surface area (Å²) in [7, 11) is -3.65. The van der Waals surface area contributed by atoms with Crippen LogP contribution in [-0.4, -0.2) is 15.0 Å². The van der Waals surface area contributed by atoms with E-state index in [-0.39, 0.29) is 4.90 Å². The molecule has 108 valence electrons. The Balaban J connectivity index is 2.97. The number of hydrogen-bond acceptors (Lipinski definition) is 3. The van der Waals surface area contributed by atoms with E-state index in [4.69, 9.17) is 5.14 Å². The third-order valence-corrected chi connectivity index (χ3v) is 4.28. The molecule has 0 aliphatic heterocycles. The lowest BCUT2D eigenvalue weighted by molar-refractivity contribution is 0.550. The van der Waals surface area contributed by atoms with Gasteiger partial charge in [-0.15, -0.1) is 0 Å². The standard InChI is InChI=1S/C14H24N2O2S/c1-5-6-10(2)9-16-14-8-13(19(15,17)18)7-11(3)12(14)4/h7-8,10,16H,5-6,9H2,1-4H3,(H2,15,17,18). The minimum Gasteiger partial charge on any atom is -0.385 e. The summed E-state index contributed by atoms with van der Waals surface area (Å²) in [6, 6.07) is 3.24. The van der Waals surface area contributed by atoms with Gasteiger partial charge in [-0.2, -0.15) is 0 Å². The summed E-state index contributed by atoms with van der Waals surface area (Å²) >= 11 is 0. The van der Waals surface area contributed by atoms with Crippen LogP contribution in [0.3, 0.4) is 0 Å². The van der Waals surface area contributed by atoms with Crippen LogP contribution < -0.4 is 10.5 Å². The van der Waals surface area contributed by atoms with E-state index in [1.165, 1.54) is 0 Å². The number of nitrogens with two attached hydrogens (primary N) is 1. The Labute approximate surface area is 116 Å². The van der Waals surface area contributed by atoms with Crippen LogP contribution in [0.2, 0.25) is 0 Å². The summed E-state index contributed by atoms with van der Waals surface area (Å²) in [5.74, 6) is 0.558. The zero-order chi connectivity index (χ0) is 14.6. The normalized spacial score (nSPS) is 13.3. The molecule has 5 heteroatoms. The number of aryl methyl sites for hydroxylation is 1. The maximum absolute atomic E-state index is 11.4. The largest absolute Gasteiger partial charge is 0.385 e. The van der Waals surface area contributed by atoms with Crippen molar-refractivity contribution in [3.05, 3.63) is 23.3 Å². The van der Waals surface area contributed by atoms with Gasteiger partial charge in [0.05, 0.1) is 4.90 Å². The lowest BCUT2D eigenvalue weighted by Crippen LogP contribution is -2.15. The van der Waals surface area contributed by atoms with Gasteiger partial charge in [-0.1, -0.05) is 20.3 Å². The highest BCUT2D eigenvalue weighted by Gasteiger charge is 2.12. The average molecular weight is 284 g/mol. The molecular formula is C14H24N2O2S. The number of benzene rings is 1. The van der Waals surface area contributed by atoms with Crippen molar-refractivity contribution < 1.29 is 8.42 Å². The Morgan fingerprint density at radius 1 is 1.32 bits per heavy atom. The Bertz CT molecular complexity index is 539. The molecule has 1 atom stereocenters. The van der Waals surface area contributed by atoms with Crippen molar-refractivity contribution in [1.82, 2.24) is 0 Å². The predicted molar refractivity (Wildman–Crippen MR) is 79.9 cm³/mol. The molecule has 19 heavy (non-hydrogen) atoms. The van der Waals surface area contributed by atoms with Gasteiger partial charge in [0.25, 0.3) is 0 Å². The Morgan fingerprint density at radius 2 is 1.95 bits per heavy atom. The van der Waals surface area contributed by atoms with Gasteiger partial charge in [-0.05, 0) is 49.4 Å². The van der Waals surface area contributed by atoms with Gasteiger partial charge in [0.1, 0.15) is 0 Å². The minimum atomic E-state index is -3.65. The second-order valence-electron chi connectivity index (χ2n) is 5.23. The topological polar surface area (TPSA) is 72.2 Å². The molecule has 0 radical (unpaired) electrons. The Kier molecular flexibility index (Phi) is 5.38. The molecule has 0 amide bonds. The maximum atomic E-state index is 11.4. The van der Waals surface area contributed by atoms with Crippen LogP contribution in [0.5, 0.6) is 0 Å². The molecule has 1 rings (SSSR count). The molecule has 1 aromatic rings. The van der Waals surface area contributed by atoms with Crippen LogP contribution >= 0.6 is 0 Å². The van der Waals surface area contributed by atoms with Crippen LogP contribution in [0.25, 0.3) is 0 Å². The SMILES string of the molecule is CCCC(C)CNc1cc(S(N)(=O)=O)cc(C)c1C. The van der Waals surface area contributed by atoms with Crippen LogP contribution in [0, 0.1) is 19.8 Å². The van der Waals surface area contributed by atoms with Crippen molar-refractivity contribution >= 4 is 15.7 Å². The van der Waals surface area contributed by atoms with Crippen molar-refractivity contribution in [3.63, 3.8) is 0 Å². The third-order valence-electron chi connectivity index (χ3n) is 3.39. The number of nitrogens with one attached hydrogen (secondary N) is 1. The van der Waals surface area contributed by atoms with E-state index >= 15 is 0 Å². The lowest BCUT2D eigenvalue weighted by Gasteiger charge is -2.16. The number of anilines is 1. The van der Waals surface area contributed by atoms with Gasteiger partial charge in [0, 0.05) is 12.2 Å². The Morgan fingerprint density at radius 3 is 2.47 bits per heavy atom. The number of rotatable bonds is 6. The molecular weight excluding hydrogens is 260 g/mol. The molecule has 1 aromatic carbocycles. The highest BCUT2D eigenvalue weighted by molar-refractivity contribution is 7.89. The van der Waals surface area contributed by atoms with Gasteiger partial charge >= 0.3 is 0 Å². The first-order valence-corrected chi connectivity index (χ1v) is 8.18. The predicted octanol–water partition coefficient (Wildman–Crippen LogP) is 2.80. The molecule has 0 fully saturated rings. The molecule has 1 unspecified atom stereocenters. The van der Waals surface area contributed by atoms with Crippen LogP contribution in [0.4, 0.5) is 5.69 Å². The van der Waals surface area contributed by atoms with Crippen LogP contribution in [0.15, 0.2) is 17.0 Å². The second kappa shape index (κ2) is 6.39. The van der Waals surface area contributed by atoms with E-state index < -0.39 is 10.0 Å². The highest BCUT2D eigenvalue weighted by Crippen LogP contribution is 2.24. The average Bonchev–Trinajstić information content (AvgIpc) is 2.30. The van der Waals surface area contributed by atoms with Gasteiger partial charge < -0.3 is 5.32 Å². The first-order valence-electron chi connectivity index (χ1n) is 6.63. The lowest BCUT2D eigenvalue weighted by atomic mass is 10.0. The van der Waals surface area contributed by atoms with Crippen LogP contribution in [0.1, 0.15) is 37.8 Å². The molecule has 0 saturated carbocycles. The summed E-state index contributed by atoms with van der Waals surface area (Å²) in [6.07, 6.45) is 2.30. The molecule has 0 spiro atoms. The molecule has 0 saturated heterocycles. The summed E-state index contributed by atoms with van der Waals surface area (Å²) in [4.78, 5) is 0.168. The zero-order valence-electron chi connectivity index (χ0n) is 12.2. The minimum absolute atomic E-state index is 0.168. The molecule has 0 heterocycles. The number of hydrogen-bond donors (Lipinski definition) is 2. The molecule has 0 aliphatic rings. The van der Waals surface area contributed by atoms with Gasteiger partial charge in [-0.3, -0.25) is 0 Å². The molecule has 3 N–H and O–H groups in total.